The van der Waals surface area contributed by atoms with Gasteiger partial charge in [0.1, 0.15) is 10.6 Å². The molecule has 4 aromatic rings. The second-order valence-corrected chi connectivity index (χ2v) is 9.30. The first-order valence-electron chi connectivity index (χ1n) is 10.0. The second kappa shape index (κ2) is 9.11. The quantitative estimate of drug-likeness (QED) is 0.318. The van der Waals surface area contributed by atoms with E-state index in [1.54, 1.807) is 34.3 Å². The highest BCUT2D eigenvalue weighted by Gasteiger charge is 2.16. The number of aromatic nitrogens is 2. The zero-order chi connectivity index (χ0) is 22.0. The molecular formula is C23H23N3O3S2. The van der Waals surface area contributed by atoms with E-state index in [0.29, 0.717) is 35.3 Å². The van der Waals surface area contributed by atoms with Crippen molar-refractivity contribution in [2.45, 2.75) is 44.8 Å². The molecule has 0 saturated carbocycles. The van der Waals surface area contributed by atoms with Gasteiger partial charge in [-0.15, -0.1) is 11.3 Å². The lowest BCUT2D eigenvalue weighted by molar-refractivity contribution is 0.0948. The van der Waals surface area contributed by atoms with Gasteiger partial charge in [0.05, 0.1) is 18.2 Å². The Kier molecular flexibility index (Phi) is 6.29. The van der Waals surface area contributed by atoms with Crippen LogP contribution in [0.15, 0.2) is 57.0 Å². The van der Waals surface area contributed by atoms with E-state index in [9.17, 15) is 9.59 Å². The molecule has 0 radical (unpaired) electrons. The lowest BCUT2D eigenvalue weighted by Crippen LogP contribution is -2.22. The number of fused-ring (bicyclic) bond motifs is 1. The number of carbonyl (C=O) groups excluding carboxylic acids is 1. The monoisotopic (exact) mass is 453 g/mol. The number of aryl methyl sites for hydroxylation is 2. The van der Waals surface area contributed by atoms with E-state index in [4.69, 9.17) is 9.40 Å². The SMILES string of the molecule is CCn1c(SCc2cccc(C(=O)NCc3ccco3)c2)nc2sc(C)c(C)c2c1=O. The van der Waals surface area contributed by atoms with Crippen molar-refractivity contribution >= 4 is 39.2 Å². The maximum atomic E-state index is 13.0. The van der Waals surface area contributed by atoms with E-state index in [2.05, 4.69) is 5.32 Å². The maximum absolute atomic E-state index is 13.0. The van der Waals surface area contributed by atoms with Gasteiger partial charge in [-0.2, -0.15) is 0 Å². The Morgan fingerprint density at radius 2 is 2.10 bits per heavy atom. The molecule has 4 rings (SSSR count). The molecule has 1 aromatic carbocycles. The number of thiophene rings is 1. The topological polar surface area (TPSA) is 77.1 Å². The van der Waals surface area contributed by atoms with Crippen LogP contribution >= 0.6 is 23.1 Å². The van der Waals surface area contributed by atoms with Crippen molar-refractivity contribution in [2.24, 2.45) is 0 Å². The molecular weight excluding hydrogens is 430 g/mol. The number of carbonyl (C=O) groups is 1. The van der Waals surface area contributed by atoms with Crippen molar-refractivity contribution in [3.63, 3.8) is 0 Å². The van der Waals surface area contributed by atoms with Crippen LogP contribution in [0.2, 0.25) is 0 Å². The fourth-order valence-corrected chi connectivity index (χ4v) is 5.41. The Hall–Kier alpha value is -2.84. The third-order valence-corrected chi connectivity index (χ3v) is 7.28. The first-order valence-corrected chi connectivity index (χ1v) is 11.8. The van der Waals surface area contributed by atoms with Crippen molar-refractivity contribution in [2.75, 3.05) is 0 Å². The van der Waals surface area contributed by atoms with Crippen LogP contribution in [0.5, 0.6) is 0 Å². The fraction of sp³-hybridized carbons (Fsp3) is 0.261. The molecule has 3 heterocycles. The zero-order valence-corrected chi connectivity index (χ0v) is 19.2. The summed E-state index contributed by atoms with van der Waals surface area (Å²) in [5.41, 5.74) is 2.61. The zero-order valence-electron chi connectivity index (χ0n) is 17.6. The largest absolute Gasteiger partial charge is 0.467 e. The van der Waals surface area contributed by atoms with Gasteiger partial charge in [-0.25, -0.2) is 4.98 Å². The van der Waals surface area contributed by atoms with Crippen LogP contribution in [-0.4, -0.2) is 15.5 Å². The molecule has 31 heavy (non-hydrogen) atoms. The van der Waals surface area contributed by atoms with E-state index < -0.39 is 0 Å². The summed E-state index contributed by atoms with van der Waals surface area (Å²) in [6.45, 7) is 6.86. The molecule has 0 spiro atoms. The Labute approximate surface area is 188 Å². The second-order valence-electron chi connectivity index (χ2n) is 7.16. The molecule has 0 aliphatic carbocycles. The first kappa shape index (κ1) is 21.4. The molecule has 1 amide bonds. The molecule has 8 heteroatoms. The van der Waals surface area contributed by atoms with E-state index >= 15 is 0 Å². The third kappa shape index (κ3) is 4.45. The predicted octanol–water partition coefficient (Wildman–Crippen LogP) is 4.91. The minimum absolute atomic E-state index is 0.0166. The number of thioether (sulfide) groups is 1. The lowest BCUT2D eigenvalue weighted by atomic mass is 10.1. The maximum Gasteiger partial charge on any atom is 0.263 e. The number of hydrogen-bond donors (Lipinski definition) is 1. The minimum Gasteiger partial charge on any atom is -0.467 e. The van der Waals surface area contributed by atoms with Crippen molar-refractivity contribution in [3.05, 3.63) is 80.3 Å². The first-order chi connectivity index (χ1) is 15.0. The van der Waals surface area contributed by atoms with Crippen molar-refractivity contribution < 1.29 is 9.21 Å². The molecule has 0 unspecified atom stereocenters. The van der Waals surface area contributed by atoms with Gasteiger partial charge >= 0.3 is 0 Å². The molecule has 0 aliphatic heterocycles. The van der Waals surface area contributed by atoms with Crippen LogP contribution in [0.4, 0.5) is 0 Å². The molecule has 3 aromatic heterocycles. The van der Waals surface area contributed by atoms with E-state index in [1.807, 2.05) is 45.0 Å². The number of furan rings is 1. The van der Waals surface area contributed by atoms with E-state index in [0.717, 1.165) is 26.2 Å². The number of hydrogen-bond acceptors (Lipinski definition) is 6. The van der Waals surface area contributed by atoms with Crippen molar-refractivity contribution in [3.8, 4) is 0 Å². The summed E-state index contributed by atoms with van der Waals surface area (Å²) >= 11 is 3.07. The Morgan fingerprint density at radius 3 is 2.84 bits per heavy atom. The highest BCUT2D eigenvalue weighted by atomic mass is 32.2. The molecule has 1 N–H and O–H groups in total. The van der Waals surface area contributed by atoms with E-state index in [-0.39, 0.29) is 11.5 Å². The van der Waals surface area contributed by atoms with Crippen LogP contribution in [0.1, 0.15) is 39.0 Å². The number of nitrogens with one attached hydrogen (secondary N) is 1. The molecule has 0 atom stereocenters. The normalized spacial score (nSPS) is 11.2. The summed E-state index contributed by atoms with van der Waals surface area (Å²) in [7, 11) is 0. The van der Waals surface area contributed by atoms with Crippen LogP contribution in [0, 0.1) is 13.8 Å². The molecule has 160 valence electrons. The van der Waals surface area contributed by atoms with Crippen LogP contribution in [-0.2, 0) is 18.8 Å². The Bertz CT molecular complexity index is 1290. The standard InChI is InChI=1S/C23H23N3O3S2/c1-4-26-22(28)19-14(2)15(3)31-21(19)25-23(26)30-13-16-7-5-8-17(11-16)20(27)24-12-18-9-6-10-29-18/h5-11H,4,12-13H2,1-3H3,(H,24,27). The smallest absolute Gasteiger partial charge is 0.263 e. The number of benzene rings is 1. The molecule has 0 fully saturated rings. The summed E-state index contributed by atoms with van der Waals surface area (Å²) < 4.78 is 6.98. The number of amides is 1. The van der Waals surface area contributed by atoms with Gasteiger partial charge in [-0.1, -0.05) is 23.9 Å². The Morgan fingerprint density at radius 1 is 1.26 bits per heavy atom. The van der Waals surface area contributed by atoms with Gasteiger partial charge in [0, 0.05) is 22.7 Å². The van der Waals surface area contributed by atoms with Gasteiger partial charge in [-0.05, 0) is 56.2 Å². The van der Waals surface area contributed by atoms with Crippen molar-refractivity contribution in [1.29, 1.82) is 0 Å². The van der Waals surface area contributed by atoms with E-state index in [1.165, 1.54) is 11.8 Å². The summed E-state index contributed by atoms with van der Waals surface area (Å²) in [4.78, 5) is 32.2. The van der Waals surface area contributed by atoms with Crippen molar-refractivity contribution in [1.82, 2.24) is 14.9 Å². The van der Waals surface area contributed by atoms with Gasteiger partial charge in [0.15, 0.2) is 5.16 Å². The molecule has 0 aliphatic rings. The average molecular weight is 454 g/mol. The summed E-state index contributed by atoms with van der Waals surface area (Å²) in [5, 5.41) is 4.29. The predicted molar refractivity (Wildman–Crippen MR) is 125 cm³/mol. The fourth-order valence-electron chi connectivity index (χ4n) is 3.33. The van der Waals surface area contributed by atoms with Crippen LogP contribution < -0.4 is 10.9 Å². The summed E-state index contributed by atoms with van der Waals surface area (Å²) in [6, 6.07) is 11.1. The summed E-state index contributed by atoms with van der Waals surface area (Å²) in [6.07, 6.45) is 1.58. The highest BCUT2D eigenvalue weighted by Crippen LogP contribution is 2.29. The van der Waals surface area contributed by atoms with Gasteiger partial charge in [-0.3, -0.25) is 14.2 Å². The lowest BCUT2D eigenvalue weighted by Gasteiger charge is -2.10. The average Bonchev–Trinajstić information content (AvgIpc) is 3.39. The number of rotatable bonds is 7. The highest BCUT2D eigenvalue weighted by molar-refractivity contribution is 7.98. The van der Waals surface area contributed by atoms with Crippen LogP contribution in [0.3, 0.4) is 0 Å². The van der Waals surface area contributed by atoms with Crippen LogP contribution in [0.25, 0.3) is 10.2 Å². The molecule has 0 saturated heterocycles. The third-order valence-electron chi connectivity index (χ3n) is 5.13. The summed E-state index contributed by atoms with van der Waals surface area (Å²) in [5.74, 6) is 1.16. The van der Waals surface area contributed by atoms with Gasteiger partial charge < -0.3 is 9.73 Å². The molecule has 6 nitrogen and oxygen atoms in total. The Balaban J connectivity index is 1.51. The number of nitrogens with zero attached hydrogens (tertiary/aromatic N) is 2. The molecule has 0 bridgehead atoms. The van der Waals surface area contributed by atoms with Gasteiger partial charge in [0.25, 0.3) is 11.5 Å². The minimum atomic E-state index is -0.155. The van der Waals surface area contributed by atoms with Gasteiger partial charge in [0.2, 0.25) is 0 Å².